The van der Waals surface area contributed by atoms with Gasteiger partial charge in [-0.2, -0.15) is 5.10 Å². The number of halogens is 1. The van der Waals surface area contributed by atoms with Gasteiger partial charge in [0.1, 0.15) is 5.75 Å². The number of hydrazone groups is 1. The number of ether oxygens (including phenoxy) is 1. The molecule has 3 aromatic rings. The minimum absolute atomic E-state index is 0.254. The van der Waals surface area contributed by atoms with Gasteiger partial charge >= 0.3 is 0 Å². The van der Waals surface area contributed by atoms with E-state index in [1.807, 2.05) is 36.5 Å². The summed E-state index contributed by atoms with van der Waals surface area (Å²) in [5, 5.41) is 5.02. The lowest BCUT2D eigenvalue weighted by atomic mass is 10.2. The Bertz CT molecular complexity index is 869. The summed E-state index contributed by atoms with van der Waals surface area (Å²) in [6.45, 7) is 0. The van der Waals surface area contributed by atoms with Crippen LogP contribution in [0.2, 0.25) is 0 Å². The Morgan fingerprint density at radius 2 is 2.04 bits per heavy atom. The lowest BCUT2D eigenvalue weighted by molar-refractivity contribution is 0.0955. The molecule has 23 heavy (non-hydrogen) atoms. The lowest BCUT2D eigenvalue weighted by Gasteiger charge is -2.00. The molecule has 0 aliphatic carbocycles. The third kappa shape index (κ3) is 3.43. The fourth-order valence-corrected chi connectivity index (χ4v) is 2.45. The standard InChI is InChI=1S/C17H14BrN3O2/c1-23-14-6-7-15-12(9-19-16(15)8-14)10-20-21-17(22)11-2-4-13(18)5-3-11/h2-10,19H,1H3,(H,21,22). The van der Waals surface area contributed by atoms with Crippen molar-refractivity contribution < 1.29 is 9.53 Å². The summed E-state index contributed by atoms with van der Waals surface area (Å²) in [6.07, 6.45) is 3.45. The van der Waals surface area contributed by atoms with Crippen LogP contribution in [0.1, 0.15) is 15.9 Å². The number of benzene rings is 2. The number of carbonyl (C=O) groups is 1. The second kappa shape index (κ2) is 6.66. The fraction of sp³-hybridized carbons (Fsp3) is 0.0588. The summed E-state index contributed by atoms with van der Waals surface area (Å²) < 4.78 is 6.11. The molecule has 116 valence electrons. The first-order valence-electron chi connectivity index (χ1n) is 6.91. The molecule has 3 rings (SSSR count). The van der Waals surface area contributed by atoms with Crippen LogP contribution < -0.4 is 10.2 Å². The molecule has 0 fully saturated rings. The van der Waals surface area contributed by atoms with Gasteiger partial charge in [-0.05, 0) is 36.4 Å². The van der Waals surface area contributed by atoms with Crippen LogP contribution in [0.15, 0.2) is 58.2 Å². The summed E-state index contributed by atoms with van der Waals surface area (Å²) in [5.41, 5.74) is 4.91. The quantitative estimate of drug-likeness (QED) is 0.542. The number of carbonyl (C=O) groups excluding carboxylic acids is 1. The van der Waals surface area contributed by atoms with E-state index in [4.69, 9.17) is 4.74 Å². The topological polar surface area (TPSA) is 66.5 Å². The molecule has 0 spiro atoms. The molecule has 5 nitrogen and oxygen atoms in total. The van der Waals surface area contributed by atoms with Gasteiger partial charge in [-0.1, -0.05) is 15.9 Å². The summed E-state index contributed by atoms with van der Waals surface area (Å²) in [7, 11) is 1.63. The second-order valence-corrected chi connectivity index (χ2v) is 5.78. The predicted molar refractivity (Wildman–Crippen MR) is 94.1 cm³/mol. The number of amides is 1. The van der Waals surface area contributed by atoms with Crippen molar-refractivity contribution in [2.75, 3.05) is 7.11 Å². The normalized spacial score (nSPS) is 11.0. The van der Waals surface area contributed by atoms with E-state index in [1.165, 1.54) is 0 Å². The Balaban J connectivity index is 1.73. The van der Waals surface area contributed by atoms with Crippen molar-refractivity contribution in [3.8, 4) is 5.75 Å². The molecule has 0 aliphatic rings. The Morgan fingerprint density at radius 3 is 2.78 bits per heavy atom. The minimum atomic E-state index is -0.254. The highest BCUT2D eigenvalue weighted by Crippen LogP contribution is 2.22. The molecular formula is C17H14BrN3O2. The Labute approximate surface area is 141 Å². The van der Waals surface area contributed by atoms with Gasteiger partial charge in [0, 0.05) is 38.8 Å². The van der Waals surface area contributed by atoms with E-state index in [0.717, 1.165) is 26.7 Å². The molecule has 0 radical (unpaired) electrons. The maximum absolute atomic E-state index is 12.0. The average molecular weight is 372 g/mol. The zero-order valence-electron chi connectivity index (χ0n) is 12.3. The van der Waals surface area contributed by atoms with Crippen LogP contribution in [0.3, 0.4) is 0 Å². The van der Waals surface area contributed by atoms with Crippen LogP contribution in [0.25, 0.3) is 10.9 Å². The molecule has 0 unspecified atom stereocenters. The highest BCUT2D eigenvalue weighted by Gasteiger charge is 2.05. The number of methoxy groups -OCH3 is 1. The minimum Gasteiger partial charge on any atom is -0.497 e. The summed E-state index contributed by atoms with van der Waals surface area (Å²) in [4.78, 5) is 15.1. The Kier molecular flexibility index (Phi) is 4.43. The highest BCUT2D eigenvalue weighted by molar-refractivity contribution is 9.10. The summed E-state index contributed by atoms with van der Waals surface area (Å²) >= 11 is 3.33. The maximum Gasteiger partial charge on any atom is 0.271 e. The first-order chi connectivity index (χ1) is 11.2. The van der Waals surface area contributed by atoms with E-state index >= 15 is 0 Å². The molecule has 0 atom stereocenters. The molecule has 2 N–H and O–H groups in total. The van der Waals surface area contributed by atoms with E-state index in [1.54, 1.807) is 25.5 Å². The molecule has 6 heteroatoms. The van der Waals surface area contributed by atoms with Crippen molar-refractivity contribution in [2.24, 2.45) is 5.10 Å². The van der Waals surface area contributed by atoms with Crippen LogP contribution in [-0.2, 0) is 0 Å². The molecule has 1 amide bonds. The van der Waals surface area contributed by atoms with E-state index in [-0.39, 0.29) is 5.91 Å². The number of nitrogens with one attached hydrogen (secondary N) is 2. The number of rotatable bonds is 4. The van der Waals surface area contributed by atoms with Crippen molar-refractivity contribution in [1.29, 1.82) is 0 Å². The van der Waals surface area contributed by atoms with Crippen molar-refractivity contribution >= 4 is 39.0 Å². The molecule has 0 bridgehead atoms. The number of fused-ring (bicyclic) bond motifs is 1. The first kappa shape index (κ1) is 15.3. The van der Waals surface area contributed by atoms with Crippen LogP contribution in [0.4, 0.5) is 0 Å². The van der Waals surface area contributed by atoms with Crippen LogP contribution >= 0.6 is 15.9 Å². The number of H-pyrrole nitrogens is 1. The zero-order chi connectivity index (χ0) is 16.2. The van der Waals surface area contributed by atoms with Crippen LogP contribution in [-0.4, -0.2) is 24.2 Å². The predicted octanol–water partition coefficient (Wildman–Crippen LogP) is 3.70. The van der Waals surface area contributed by atoms with Crippen molar-refractivity contribution in [3.05, 3.63) is 64.3 Å². The number of aromatic nitrogens is 1. The van der Waals surface area contributed by atoms with E-state index in [2.05, 4.69) is 31.4 Å². The number of hydrogen-bond acceptors (Lipinski definition) is 3. The van der Waals surface area contributed by atoms with Gasteiger partial charge in [0.2, 0.25) is 0 Å². The van der Waals surface area contributed by atoms with Crippen molar-refractivity contribution in [1.82, 2.24) is 10.4 Å². The number of aromatic amines is 1. The van der Waals surface area contributed by atoms with Gasteiger partial charge in [-0.25, -0.2) is 5.43 Å². The largest absolute Gasteiger partial charge is 0.497 e. The first-order valence-corrected chi connectivity index (χ1v) is 7.71. The third-order valence-electron chi connectivity index (χ3n) is 3.40. The fourth-order valence-electron chi connectivity index (χ4n) is 2.19. The van der Waals surface area contributed by atoms with Gasteiger partial charge in [-0.3, -0.25) is 4.79 Å². The van der Waals surface area contributed by atoms with Gasteiger partial charge in [0.15, 0.2) is 0 Å². The monoisotopic (exact) mass is 371 g/mol. The Hall–Kier alpha value is -2.60. The van der Waals surface area contributed by atoms with E-state index < -0.39 is 0 Å². The van der Waals surface area contributed by atoms with Gasteiger partial charge < -0.3 is 9.72 Å². The van der Waals surface area contributed by atoms with E-state index in [0.29, 0.717) is 5.56 Å². The molecule has 0 aliphatic heterocycles. The molecule has 1 heterocycles. The summed E-state index contributed by atoms with van der Waals surface area (Å²) in [6, 6.07) is 12.8. The van der Waals surface area contributed by atoms with Crippen LogP contribution in [0.5, 0.6) is 5.75 Å². The second-order valence-electron chi connectivity index (χ2n) is 4.86. The van der Waals surface area contributed by atoms with Gasteiger partial charge in [0.25, 0.3) is 5.91 Å². The Morgan fingerprint density at radius 1 is 1.26 bits per heavy atom. The third-order valence-corrected chi connectivity index (χ3v) is 3.93. The highest BCUT2D eigenvalue weighted by atomic mass is 79.9. The molecule has 1 aromatic heterocycles. The molecule has 0 saturated heterocycles. The van der Waals surface area contributed by atoms with Gasteiger partial charge in [0.05, 0.1) is 13.3 Å². The molecule has 2 aromatic carbocycles. The van der Waals surface area contributed by atoms with Crippen molar-refractivity contribution in [2.45, 2.75) is 0 Å². The molecule has 0 saturated carbocycles. The lowest BCUT2D eigenvalue weighted by Crippen LogP contribution is -2.17. The number of nitrogens with zero attached hydrogens (tertiary/aromatic N) is 1. The van der Waals surface area contributed by atoms with Gasteiger partial charge in [-0.15, -0.1) is 0 Å². The molecular weight excluding hydrogens is 358 g/mol. The smallest absolute Gasteiger partial charge is 0.271 e. The van der Waals surface area contributed by atoms with Crippen molar-refractivity contribution in [3.63, 3.8) is 0 Å². The average Bonchev–Trinajstić information content (AvgIpc) is 2.97. The maximum atomic E-state index is 12.0. The zero-order valence-corrected chi connectivity index (χ0v) is 13.9. The summed E-state index contributed by atoms with van der Waals surface area (Å²) in [5.74, 6) is 0.529. The van der Waals surface area contributed by atoms with E-state index in [9.17, 15) is 4.79 Å². The SMILES string of the molecule is COc1ccc2c(C=NNC(=O)c3ccc(Br)cc3)c[nH]c2c1. The van der Waals surface area contributed by atoms with Crippen LogP contribution in [0, 0.1) is 0 Å². The number of hydrogen-bond donors (Lipinski definition) is 2.